The molecule has 0 spiro atoms. The average Bonchev–Trinajstić information content (AvgIpc) is 3.47. The van der Waals surface area contributed by atoms with Crippen LogP contribution in [0.3, 0.4) is 0 Å². The van der Waals surface area contributed by atoms with Gasteiger partial charge in [-0.15, -0.1) is 0 Å². The molecule has 0 amide bonds. The highest BCUT2D eigenvalue weighted by Crippen LogP contribution is 2.26. The van der Waals surface area contributed by atoms with Crippen LogP contribution in [0.25, 0.3) is 0 Å². The van der Waals surface area contributed by atoms with Crippen LogP contribution >= 0.6 is 0 Å². The van der Waals surface area contributed by atoms with Gasteiger partial charge in [0, 0.05) is 0 Å². The smallest absolute Gasteiger partial charge is 0.247 e. The molecule has 0 saturated heterocycles. The Morgan fingerprint density at radius 1 is 0.463 bits per heavy atom. The van der Waals surface area contributed by atoms with Crippen LogP contribution in [0.15, 0.2) is 12.4 Å². The molecule has 242 valence electrons. The molecule has 1 aromatic heterocycles. The van der Waals surface area contributed by atoms with Gasteiger partial charge < -0.3 is 0 Å². The van der Waals surface area contributed by atoms with Gasteiger partial charge >= 0.3 is 0 Å². The van der Waals surface area contributed by atoms with Crippen LogP contribution in [0.2, 0.25) is 0 Å². The summed E-state index contributed by atoms with van der Waals surface area (Å²) >= 11 is 0. The molecule has 0 saturated carbocycles. The Balaban J connectivity index is 2.12. The first-order valence-electron chi connectivity index (χ1n) is 19.3. The third-order valence-electron chi connectivity index (χ3n) is 9.62. The zero-order valence-electron chi connectivity index (χ0n) is 29.0. The summed E-state index contributed by atoms with van der Waals surface area (Å²) in [4.78, 5) is 3.68. The quantitative estimate of drug-likeness (QED) is 0.0653. The van der Waals surface area contributed by atoms with Crippen molar-refractivity contribution < 1.29 is 4.57 Å². The Morgan fingerprint density at radius 3 is 1.22 bits per heavy atom. The number of rotatable bonds is 32. The lowest BCUT2D eigenvalue weighted by molar-refractivity contribution is -0.727. The van der Waals surface area contributed by atoms with Gasteiger partial charge in [-0.2, -0.15) is 0 Å². The van der Waals surface area contributed by atoms with E-state index in [1.165, 1.54) is 198 Å². The van der Waals surface area contributed by atoms with Gasteiger partial charge in [0.2, 0.25) is 0 Å². The Kier molecular flexibility index (Phi) is 27.3. The molecule has 0 fully saturated rings. The minimum Gasteiger partial charge on any atom is -0.247 e. The second-order valence-corrected chi connectivity index (χ2v) is 13.6. The highest BCUT2D eigenvalue weighted by Gasteiger charge is 2.24. The number of imidazole rings is 1. The summed E-state index contributed by atoms with van der Waals surface area (Å²) in [6.45, 7) is 9.43. The van der Waals surface area contributed by atoms with Crippen molar-refractivity contribution in [3.8, 4) is 0 Å². The van der Waals surface area contributed by atoms with Crippen LogP contribution in [0.5, 0.6) is 0 Å². The van der Waals surface area contributed by atoms with E-state index >= 15 is 0 Å². The number of H-pyrrole nitrogens is 1. The topological polar surface area (TPSA) is 19.7 Å². The average molecular weight is 574 g/mol. The van der Waals surface area contributed by atoms with E-state index in [4.69, 9.17) is 0 Å². The molecular weight excluding hydrogens is 496 g/mol. The van der Waals surface area contributed by atoms with E-state index in [0.29, 0.717) is 12.0 Å². The summed E-state index contributed by atoms with van der Waals surface area (Å²) in [6.07, 6.45) is 47.3. The fourth-order valence-corrected chi connectivity index (χ4v) is 6.84. The van der Waals surface area contributed by atoms with Crippen molar-refractivity contribution in [2.45, 2.75) is 232 Å². The van der Waals surface area contributed by atoms with Gasteiger partial charge in [0.25, 0.3) is 5.82 Å². The van der Waals surface area contributed by atoms with Crippen LogP contribution in [0, 0.1) is 0 Å². The Bertz CT molecular complexity index is 635. The Labute approximate surface area is 259 Å². The number of aromatic nitrogens is 2. The van der Waals surface area contributed by atoms with Gasteiger partial charge in [-0.3, -0.25) is 0 Å². The van der Waals surface area contributed by atoms with Crippen molar-refractivity contribution in [1.82, 2.24) is 4.98 Å². The van der Waals surface area contributed by atoms with Gasteiger partial charge in [0.05, 0.1) is 12.0 Å². The zero-order chi connectivity index (χ0) is 29.6. The van der Waals surface area contributed by atoms with Crippen LogP contribution in [-0.2, 0) is 0 Å². The predicted molar refractivity (Wildman–Crippen MR) is 184 cm³/mol. The number of unbranched alkanes of at least 4 members (excludes halogenated alkanes) is 24. The van der Waals surface area contributed by atoms with Gasteiger partial charge in [-0.05, 0) is 32.6 Å². The highest BCUT2D eigenvalue weighted by atomic mass is 15.1. The second kappa shape index (κ2) is 29.3. The van der Waals surface area contributed by atoms with E-state index in [1.807, 2.05) is 0 Å². The molecule has 1 aromatic rings. The largest absolute Gasteiger partial charge is 0.257 e. The third kappa shape index (κ3) is 21.5. The van der Waals surface area contributed by atoms with Crippen molar-refractivity contribution in [2.24, 2.45) is 0 Å². The summed E-state index contributed by atoms with van der Waals surface area (Å²) < 4.78 is 2.60. The monoisotopic (exact) mass is 574 g/mol. The van der Waals surface area contributed by atoms with Crippen LogP contribution in [-0.4, -0.2) is 4.98 Å². The standard InChI is InChI=1S/C39H76N2/c1-5-8-10-12-14-16-18-19-20-21-23-25-27-29-31-34-38(32-7-3)39-40-35-36-41(39)37(4)33-30-28-26-24-22-17-15-13-11-9-6-2/h35-38H,5-34H2,1-4H3/p+1. The lowest BCUT2D eigenvalue weighted by Gasteiger charge is -2.16. The SMILES string of the molecule is CCCCCCCCCCCCCCCCCC(CCC)c1[nH]cc[n+]1C(C)CCCCCCCCCCCCC. The van der Waals surface area contributed by atoms with Crippen LogP contribution < -0.4 is 4.57 Å². The summed E-state index contributed by atoms with van der Waals surface area (Å²) in [5, 5.41) is 0. The molecule has 1 rings (SSSR count). The third-order valence-corrected chi connectivity index (χ3v) is 9.62. The zero-order valence-corrected chi connectivity index (χ0v) is 29.0. The fourth-order valence-electron chi connectivity index (χ4n) is 6.84. The molecule has 0 aliphatic heterocycles. The van der Waals surface area contributed by atoms with Crippen LogP contribution in [0.1, 0.15) is 238 Å². The maximum Gasteiger partial charge on any atom is 0.257 e. The molecule has 0 aliphatic rings. The summed E-state index contributed by atoms with van der Waals surface area (Å²) in [7, 11) is 0. The van der Waals surface area contributed by atoms with E-state index in [1.54, 1.807) is 0 Å². The molecule has 0 radical (unpaired) electrons. The normalized spacial score (nSPS) is 13.2. The second-order valence-electron chi connectivity index (χ2n) is 13.6. The number of aromatic amines is 1. The highest BCUT2D eigenvalue weighted by molar-refractivity contribution is 4.90. The first-order valence-corrected chi connectivity index (χ1v) is 19.3. The molecule has 2 heteroatoms. The first kappa shape index (κ1) is 38.2. The van der Waals surface area contributed by atoms with E-state index in [9.17, 15) is 0 Å². The first-order chi connectivity index (χ1) is 20.2. The molecule has 2 atom stereocenters. The van der Waals surface area contributed by atoms with Crippen molar-refractivity contribution in [3.05, 3.63) is 18.2 Å². The molecule has 41 heavy (non-hydrogen) atoms. The molecule has 0 bridgehead atoms. The van der Waals surface area contributed by atoms with Gasteiger partial charge in [-0.25, -0.2) is 9.55 Å². The Hall–Kier alpha value is -0.790. The predicted octanol–water partition coefficient (Wildman–Crippen LogP) is 13.7. The fraction of sp³-hybridized carbons (Fsp3) is 0.923. The van der Waals surface area contributed by atoms with E-state index in [0.717, 1.165) is 0 Å². The maximum absolute atomic E-state index is 3.68. The van der Waals surface area contributed by atoms with Crippen molar-refractivity contribution in [1.29, 1.82) is 0 Å². The molecular formula is C39H77N2+. The maximum atomic E-state index is 3.68. The minimum atomic E-state index is 0.621. The molecule has 1 N–H and O–H groups in total. The molecule has 2 nitrogen and oxygen atoms in total. The van der Waals surface area contributed by atoms with Gasteiger partial charge in [0.1, 0.15) is 12.4 Å². The number of hydrogen-bond donors (Lipinski definition) is 1. The van der Waals surface area contributed by atoms with E-state index < -0.39 is 0 Å². The van der Waals surface area contributed by atoms with Gasteiger partial charge in [-0.1, -0.05) is 188 Å². The molecule has 0 aliphatic carbocycles. The summed E-state index contributed by atoms with van der Waals surface area (Å²) in [5.74, 6) is 2.21. The number of hydrogen-bond acceptors (Lipinski definition) is 0. The number of nitrogens with one attached hydrogen (secondary N) is 1. The van der Waals surface area contributed by atoms with Crippen LogP contribution in [0.4, 0.5) is 0 Å². The minimum absolute atomic E-state index is 0.621. The van der Waals surface area contributed by atoms with Crippen molar-refractivity contribution >= 4 is 0 Å². The van der Waals surface area contributed by atoms with Crippen molar-refractivity contribution in [3.63, 3.8) is 0 Å². The van der Waals surface area contributed by atoms with E-state index in [2.05, 4.69) is 49.6 Å². The van der Waals surface area contributed by atoms with Gasteiger partial charge in [0.15, 0.2) is 0 Å². The van der Waals surface area contributed by atoms with E-state index in [-0.39, 0.29) is 0 Å². The summed E-state index contributed by atoms with van der Waals surface area (Å²) in [5.41, 5.74) is 0. The summed E-state index contributed by atoms with van der Waals surface area (Å²) in [6, 6.07) is 0.621. The molecule has 1 heterocycles. The number of nitrogens with zero attached hydrogens (tertiary/aromatic N) is 1. The van der Waals surface area contributed by atoms with Crippen molar-refractivity contribution in [2.75, 3.05) is 0 Å². The molecule has 2 unspecified atom stereocenters. The lowest BCUT2D eigenvalue weighted by atomic mass is 9.94. The molecule has 0 aromatic carbocycles. The Morgan fingerprint density at radius 2 is 0.829 bits per heavy atom. The lowest BCUT2D eigenvalue weighted by Crippen LogP contribution is -2.41.